The quantitative estimate of drug-likeness (QED) is 0.321. The summed E-state index contributed by atoms with van der Waals surface area (Å²) in [6.45, 7) is 11.1. The van der Waals surface area contributed by atoms with Crippen LogP contribution in [0.25, 0.3) is 11.3 Å². The molecule has 40 heavy (non-hydrogen) atoms. The fourth-order valence-corrected chi connectivity index (χ4v) is 7.81. The number of nitrogens with one attached hydrogen (secondary N) is 1. The lowest BCUT2D eigenvalue weighted by Gasteiger charge is -2.53. The summed E-state index contributed by atoms with van der Waals surface area (Å²) in [6, 6.07) is 19.4. The molecule has 2 aromatic carbocycles. The van der Waals surface area contributed by atoms with E-state index in [1.54, 1.807) is 0 Å². The molecule has 0 bridgehead atoms. The van der Waals surface area contributed by atoms with Gasteiger partial charge in [0.25, 0.3) is 0 Å². The predicted molar refractivity (Wildman–Crippen MR) is 166 cm³/mol. The molecule has 3 aromatic rings. The van der Waals surface area contributed by atoms with Gasteiger partial charge in [0.2, 0.25) is 0 Å². The third-order valence-electron chi connectivity index (χ3n) is 9.31. The molecule has 6 rings (SSSR count). The lowest BCUT2D eigenvalue weighted by molar-refractivity contribution is 0.0968. The summed E-state index contributed by atoms with van der Waals surface area (Å²) in [5.74, 6) is 1.37. The molecule has 212 valence electrons. The molecule has 5 nitrogen and oxygen atoms in total. The second-order valence-electron chi connectivity index (χ2n) is 11.6. The average Bonchev–Trinajstić information content (AvgIpc) is 3.48. The average molecular weight is 580 g/mol. The Morgan fingerprint density at radius 3 is 2.75 bits per heavy atom. The van der Waals surface area contributed by atoms with Gasteiger partial charge in [0, 0.05) is 49.7 Å². The zero-order chi connectivity index (χ0) is 27.7. The fourth-order valence-electron chi connectivity index (χ4n) is 7.40. The number of piperidine rings is 1. The first-order valence-electron chi connectivity index (χ1n) is 14.9. The van der Waals surface area contributed by atoms with Crippen molar-refractivity contribution in [2.75, 3.05) is 44.2 Å². The number of fused-ring (bicyclic) bond motifs is 2. The van der Waals surface area contributed by atoms with Crippen LogP contribution in [0.15, 0.2) is 54.6 Å². The fraction of sp³-hybridized carbons (Fsp3) is 0.485. The normalized spacial score (nSPS) is 24.9. The summed E-state index contributed by atoms with van der Waals surface area (Å²) in [5.41, 5.74) is 5.81. The summed E-state index contributed by atoms with van der Waals surface area (Å²) in [4.78, 5) is 10.5. The summed E-state index contributed by atoms with van der Waals surface area (Å²) in [6.07, 6.45) is 4.68. The first-order chi connectivity index (χ1) is 19.5. The molecular weight excluding hydrogens is 539 g/mol. The van der Waals surface area contributed by atoms with Crippen molar-refractivity contribution in [3.05, 3.63) is 75.9 Å². The molecule has 1 aromatic heterocycles. The molecule has 1 spiro atoms. The Morgan fingerprint density at radius 2 is 1.95 bits per heavy atom. The number of pyridine rings is 1. The molecule has 3 aliphatic heterocycles. The van der Waals surface area contributed by atoms with Gasteiger partial charge in [-0.3, -0.25) is 9.88 Å². The van der Waals surface area contributed by atoms with Crippen molar-refractivity contribution in [2.45, 2.75) is 57.5 Å². The number of para-hydroxylation sites is 1. The van der Waals surface area contributed by atoms with E-state index in [0.717, 1.165) is 74.8 Å². The maximum atomic E-state index is 6.70. The number of aromatic nitrogens is 1. The number of ether oxygens (including phenoxy) is 1. The van der Waals surface area contributed by atoms with Crippen LogP contribution in [0, 0.1) is 5.92 Å². The third-order valence-corrected chi connectivity index (χ3v) is 10.1. The van der Waals surface area contributed by atoms with Crippen LogP contribution in [0.3, 0.4) is 0 Å². The Morgan fingerprint density at radius 1 is 1.07 bits per heavy atom. The highest BCUT2D eigenvalue weighted by atomic mass is 35.5. The zero-order valence-corrected chi connectivity index (χ0v) is 25.1. The standard InChI is InChI=1S/C33H40Cl2N4O/c1-3-23-19-39(30-12-7-11-27(34)32(30)35)18-16-33(23)22-38(20-24-9-8-17-36-24)21-29-26(33)14-15-28(37-29)25-10-5-6-13-31(25)40-4-2/h5-7,10-15,23-24,36H,3-4,8-9,16-22H2,1-2H3. The van der Waals surface area contributed by atoms with Gasteiger partial charge in [-0.05, 0) is 74.5 Å². The first kappa shape index (κ1) is 27.8. The van der Waals surface area contributed by atoms with Gasteiger partial charge >= 0.3 is 0 Å². The van der Waals surface area contributed by atoms with E-state index >= 15 is 0 Å². The molecule has 0 aliphatic carbocycles. The summed E-state index contributed by atoms with van der Waals surface area (Å²) < 4.78 is 5.98. The van der Waals surface area contributed by atoms with Crippen LogP contribution in [-0.4, -0.2) is 55.3 Å². The number of hydrogen-bond acceptors (Lipinski definition) is 5. The molecule has 0 radical (unpaired) electrons. The van der Waals surface area contributed by atoms with E-state index in [1.165, 1.54) is 24.1 Å². The van der Waals surface area contributed by atoms with Crippen molar-refractivity contribution in [3.8, 4) is 17.0 Å². The molecule has 7 heteroatoms. The second kappa shape index (κ2) is 11.9. The van der Waals surface area contributed by atoms with Gasteiger partial charge in [0.05, 0.1) is 33.7 Å². The van der Waals surface area contributed by atoms with Crippen molar-refractivity contribution >= 4 is 28.9 Å². The molecule has 2 fully saturated rings. The minimum absolute atomic E-state index is 0.0491. The van der Waals surface area contributed by atoms with Crippen LogP contribution in [0.1, 0.15) is 50.8 Å². The largest absolute Gasteiger partial charge is 0.493 e. The van der Waals surface area contributed by atoms with Crippen molar-refractivity contribution in [3.63, 3.8) is 0 Å². The highest BCUT2D eigenvalue weighted by Gasteiger charge is 2.48. The van der Waals surface area contributed by atoms with Crippen LogP contribution >= 0.6 is 23.2 Å². The lowest BCUT2D eigenvalue weighted by atomic mass is 9.62. The van der Waals surface area contributed by atoms with E-state index < -0.39 is 0 Å². The molecule has 3 unspecified atom stereocenters. The van der Waals surface area contributed by atoms with Gasteiger partial charge in [-0.2, -0.15) is 0 Å². The summed E-state index contributed by atoms with van der Waals surface area (Å²) >= 11 is 13.1. The number of anilines is 1. The minimum Gasteiger partial charge on any atom is -0.493 e. The van der Waals surface area contributed by atoms with Crippen molar-refractivity contribution in [2.24, 2.45) is 5.92 Å². The van der Waals surface area contributed by atoms with Gasteiger partial charge in [-0.25, -0.2) is 0 Å². The smallest absolute Gasteiger partial charge is 0.128 e. The number of rotatable bonds is 7. The SMILES string of the molecule is CCOc1ccccc1-c1ccc2c(n1)CN(CC1CCCN1)CC21CCN(c2cccc(Cl)c2Cl)CC1CC. The topological polar surface area (TPSA) is 40.6 Å². The molecule has 4 heterocycles. The molecule has 3 aliphatic rings. The minimum atomic E-state index is 0.0491. The van der Waals surface area contributed by atoms with E-state index in [2.05, 4.69) is 52.4 Å². The molecule has 0 amide bonds. The number of halogens is 2. The van der Waals surface area contributed by atoms with Crippen molar-refractivity contribution in [1.29, 1.82) is 0 Å². The van der Waals surface area contributed by atoms with Crippen LogP contribution in [0.5, 0.6) is 5.75 Å². The van der Waals surface area contributed by atoms with Gasteiger partial charge < -0.3 is 15.0 Å². The van der Waals surface area contributed by atoms with Crippen molar-refractivity contribution in [1.82, 2.24) is 15.2 Å². The van der Waals surface area contributed by atoms with E-state index in [4.69, 9.17) is 32.9 Å². The van der Waals surface area contributed by atoms with Crippen LogP contribution in [0.4, 0.5) is 5.69 Å². The Kier molecular flexibility index (Phi) is 8.28. The van der Waals surface area contributed by atoms with Crippen LogP contribution in [0.2, 0.25) is 10.0 Å². The Labute approximate surface area is 248 Å². The highest BCUT2D eigenvalue weighted by Crippen LogP contribution is 2.48. The number of hydrogen-bond donors (Lipinski definition) is 1. The molecule has 3 atom stereocenters. The Hall–Kier alpha value is -2.31. The molecular formula is C33H40Cl2N4O. The van der Waals surface area contributed by atoms with E-state index in [0.29, 0.717) is 28.6 Å². The lowest BCUT2D eigenvalue weighted by Crippen LogP contribution is -2.58. The number of nitrogens with zero attached hydrogens (tertiary/aromatic N) is 3. The zero-order valence-electron chi connectivity index (χ0n) is 23.6. The summed E-state index contributed by atoms with van der Waals surface area (Å²) in [5, 5.41) is 5.01. The first-order valence-corrected chi connectivity index (χ1v) is 15.6. The van der Waals surface area contributed by atoms with Gasteiger partial charge in [-0.1, -0.05) is 60.8 Å². The monoisotopic (exact) mass is 578 g/mol. The maximum absolute atomic E-state index is 6.70. The predicted octanol–water partition coefficient (Wildman–Crippen LogP) is 7.20. The Balaban J connectivity index is 1.38. The van der Waals surface area contributed by atoms with E-state index in [9.17, 15) is 0 Å². The van der Waals surface area contributed by atoms with Crippen LogP contribution in [-0.2, 0) is 12.0 Å². The van der Waals surface area contributed by atoms with Gasteiger partial charge in [0.15, 0.2) is 0 Å². The van der Waals surface area contributed by atoms with Gasteiger partial charge in [-0.15, -0.1) is 0 Å². The molecule has 2 saturated heterocycles. The van der Waals surface area contributed by atoms with E-state index in [-0.39, 0.29) is 5.41 Å². The van der Waals surface area contributed by atoms with Crippen LogP contribution < -0.4 is 15.0 Å². The van der Waals surface area contributed by atoms with Gasteiger partial charge in [0.1, 0.15) is 5.75 Å². The summed E-state index contributed by atoms with van der Waals surface area (Å²) in [7, 11) is 0. The maximum Gasteiger partial charge on any atom is 0.128 e. The third kappa shape index (κ3) is 5.22. The molecule has 0 saturated carbocycles. The van der Waals surface area contributed by atoms with E-state index in [1.807, 2.05) is 31.2 Å². The van der Waals surface area contributed by atoms with Crippen molar-refractivity contribution < 1.29 is 4.74 Å². The number of benzene rings is 2. The highest BCUT2D eigenvalue weighted by molar-refractivity contribution is 6.43. The Bertz CT molecular complexity index is 1340. The second-order valence-corrected chi connectivity index (χ2v) is 12.4. The molecule has 1 N–H and O–H groups in total.